The molecule has 0 aromatic heterocycles. The number of carbonyl (C=O) groups excluding carboxylic acids is 1. The van der Waals surface area contributed by atoms with E-state index < -0.39 is 5.97 Å². The van der Waals surface area contributed by atoms with E-state index in [2.05, 4.69) is 0 Å². The number of carboxylic acid groups (broad SMARTS) is 1. The van der Waals surface area contributed by atoms with E-state index in [0.29, 0.717) is 32.1 Å². The number of amides is 1. The van der Waals surface area contributed by atoms with Gasteiger partial charge in [-0.2, -0.15) is 0 Å². The van der Waals surface area contributed by atoms with Gasteiger partial charge in [-0.1, -0.05) is 37.3 Å². The highest BCUT2D eigenvalue weighted by Gasteiger charge is 2.26. The van der Waals surface area contributed by atoms with Crippen LogP contribution in [-0.4, -0.2) is 59.7 Å². The van der Waals surface area contributed by atoms with Crippen LogP contribution in [0.1, 0.15) is 25.3 Å². The number of carbonyl (C=O) groups is 2. The second-order valence-electron chi connectivity index (χ2n) is 6.22. The summed E-state index contributed by atoms with van der Waals surface area (Å²) in [7, 11) is 0. The van der Waals surface area contributed by atoms with Crippen LogP contribution in [0, 0.1) is 5.92 Å². The molecule has 0 aliphatic carbocycles. The molecule has 0 radical (unpaired) electrons. The number of hydrogen-bond acceptors (Lipinski definition) is 4. The summed E-state index contributed by atoms with van der Waals surface area (Å²) in [6, 6.07) is 9.62. The molecule has 132 valence electrons. The van der Waals surface area contributed by atoms with Crippen LogP contribution in [0.15, 0.2) is 30.3 Å². The number of benzene rings is 1. The summed E-state index contributed by atoms with van der Waals surface area (Å²) < 4.78 is 5.39. The Hall–Kier alpha value is -2.08. The van der Waals surface area contributed by atoms with Crippen molar-refractivity contribution in [2.24, 2.45) is 5.92 Å². The van der Waals surface area contributed by atoms with E-state index in [1.54, 1.807) is 4.90 Å². The number of ether oxygens (including phenoxy) is 1. The van der Waals surface area contributed by atoms with Crippen LogP contribution in [0.5, 0.6) is 0 Å². The molecule has 1 aliphatic heterocycles. The van der Waals surface area contributed by atoms with E-state index in [1.165, 1.54) is 0 Å². The lowest BCUT2D eigenvalue weighted by Gasteiger charge is -2.34. The zero-order chi connectivity index (χ0) is 17.4. The normalized spacial score (nSPS) is 17.8. The SMILES string of the molecule is CCN(CC(=O)O)CC1CCCN(C(=O)OCc2ccccc2)C1. The minimum absolute atomic E-state index is 0.0471. The zero-order valence-corrected chi connectivity index (χ0v) is 14.2. The van der Waals surface area contributed by atoms with Crippen LogP contribution >= 0.6 is 0 Å². The molecule has 1 atom stereocenters. The minimum Gasteiger partial charge on any atom is -0.480 e. The number of likely N-dealkylation sites (N-methyl/N-ethyl adjacent to an activating group) is 1. The minimum atomic E-state index is -0.813. The number of nitrogens with zero attached hydrogens (tertiary/aromatic N) is 2. The fraction of sp³-hybridized carbons (Fsp3) is 0.556. The largest absolute Gasteiger partial charge is 0.480 e. The molecule has 2 rings (SSSR count). The maximum atomic E-state index is 12.2. The van der Waals surface area contributed by atoms with Crippen LogP contribution in [0.2, 0.25) is 0 Å². The molecule has 1 aliphatic rings. The Balaban J connectivity index is 1.81. The van der Waals surface area contributed by atoms with Crippen LogP contribution in [0.3, 0.4) is 0 Å². The molecule has 0 bridgehead atoms. The first-order valence-corrected chi connectivity index (χ1v) is 8.48. The van der Waals surface area contributed by atoms with Crippen molar-refractivity contribution < 1.29 is 19.4 Å². The monoisotopic (exact) mass is 334 g/mol. The zero-order valence-electron chi connectivity index (χ0n) is 14.2. The van der Waals surface area contributed by atoms with E-state index in [0.717, 1.165) is 18.4 Å². The van der Waals surface area contributed by atoms with Crippen molar-refractivity contribution in [3.8, 4) is 0 Å². The van der Waals surface area contributed by atoms with Crippen LogP contribution < -0.4 is 0 Å². The van der Waals surface area contributed by atoms with Gasteiger partial charge in [0.05, 0.1) is 6.54 Å². The molecule has 1 aromatic carbocycles. The van der Waals surface area contributed by atoms with Crippen molar-refractivity contribution in [1.82, 2.24) is 9.80 Å². The van der Waals surface area contributed by atoms with E-state index in [4.69, 9.17) is 9.84 Å². The standard InChI is InChI=1S/C18H26N2O4/c1-2-19(13-17(21)22)11-16-9-6-10-20(12-16)18(23)24-14-15-7-4-3-5-8-15/h3-5,7-8,16H,2,6,9-14H2,1H3,(H,21,22). The fourth-order valence-electron chi connectivity index (χ4n) is 3.05. The van der Waals surface area contributed by atoms with Crippen molar-refractivity contribution >= 4 is 12.1 Å². The topological polar surface area (TPSA) is 70.1 Å². The Morgan fingerprint density at radius 2 is 2.08 bits per heavy atom. The van der Waals surface area contributed by atoms with Crippen molar-refractivity contribution in [3.05, 3.63) is 35.9 Å². The maximum absolute atomic E-state index is 12.2. The first-order chi connectivity index (χ1) is 11.6. The van der Waals surface area contributed by atoms with Gasteiger partial charge in [-0.3, -0.25) is 9.69 Å². The van der Waals surface area contributed by atoms with Crippen LogP contribution in [-0.2, 0) is 16.1 Å². The summed E-state index contributed by atoms with van der Waals surface area (Å²) in [6.45, 7) is 5.01. The second-order valence-corrected chi connectivity index (χ2v) is 6.22. The third kappa shape index (κ3) is 5.85. The van der Waals surface area contributed by atoms with E-state index in [1.807, 2.05) is 42.2 Å². The van der Waals surface area contributed by atoms with Gasteiger partial charge in [-0.25, -0.2) is 4.79 Å². The Kier molecular flexibility index (Phi) is 7.06. The predicted octanol–water partition coefficient (Wildman–Crippen LogP) is 2.44. The van der Waals surface area contributed by atoms with E-state index in [-0.39, 0.29) is 19.2 Å². The number of hydrogen-bond donors (Lipinski definition) is 1. The first kappa shape index (κ1) is 18.3. The molecular formula is C18H26N2O4. The van der Waals surface area contributed by atoms with Crippen molar-refractivity contribution in [2.75, 3.05) is 32.7 Å². The smallest absolute Gasteiger partial charge is 0.410 e. The highest BCUT2D eigenvalue weighted by atomic mass is 16.6. The fourth-order valence-corrected chi connectivity index (χ4v) is 3.05. The van der Waals surface area contributed by atoms with E-state index >= 15 is 0 Å². The number of piperidine rings is 1. The number of rotatable bonds is 7. The number of carboxylic acids is 1. The lowest BCUT2D eigenvalue weighted by Crippen LogP contribution is -2.44. The van der Waals surface area contributed by atoms with Gasteiger partial charge in [0.15, 0.2) is 0 Å². The van der Waals surface area contributed by atoms with Gasteiger partial charge in [0.2, 0.25) is 0 Å². The summed E-state index contributed by atoms with van der Waals surface area (Å²) in [5.41, 5.74) is 0.970. The maximum Gasteiger partial charge on any atom is 0.410 e. The molecule has 24 heavy (non-hydrogen) atoms. The third-order valence-electron chi connectivity index (χ3n) is 4.30. The number of likely N-dealkylation sites (tertiary alicyclic amines) is 1. The molecule has 1 N–H and O–H groups in total. The molecule has 1 heterocycles. The first-order valence-electron chi connectivity index (χ1n) is 8.48. The van der Waals surface area contributed by atoms with Gasteiger partial charge < -0.3 is 14.7 Å². The van der Waals surface area contributed by atoms with Gasteiger partial charge in [0.1, 0.15) is 6.61 Å². The summed E-state index contributed by atoms with van der Waals surface area (Å²) in [6.07, 6.45) is 1.65. The Morgan fingerprint density at radius 3 is 2.75 bits per heavy atom. The van der Waals surface area contributed by atoms with Gasteiger partial charge in [0, 0.05) is 19.6 Å². The molecule has 0 saturated carbocycles. The molecule has 1 aromatic rings. The molecule has 6 nitrogen and oxygen atoms in total. The highest BCUT2D eigenvalue weighted by Crippen LogP contribution is 2.19. The molecular weight excluding hydrogens is 308 g/mol. The van der Waals surface area contributed by atoms with Gasteiger partial charge >= 0.3 is 12.1 Å². The average Bonchev–Trinajstić information content (AvgIpc) is 2.60. The summed E-state index contributed by atoms with van der Waals surface area (Å²) in [5.74, 6) is -0.519. The molecule has 0 spiro atoms. The lowest BCUT2D eigenvalue weighted by molar-refractivity contribution is -0.138. The predicted molar refractivity (Wildman–Crippen MR) is 90.7 cm³/mol. The summed E-state index contributed by atoms with van der Waals surface area (Å²) in [4.78, 5) is 26.8. The van der Waals surface area contributed by atoms with Gasteiger partial charge in [-0.15, -0.1) is 0 Å². The third-order valence-corrected chi connectivity index (χ3v) is 4.30. The molecule has 6 heteroatoms. The Labute approximate surface area is 143 Å². The second kappa shape index (κ2) is 9.27. The summed E-state index contributed by atoms with van der Waals surface area (Å²) in [5, 5.41) is 8.94. The average molecular weight is 334 g/mol. The van der Waals surface area contributed by atoms with Gasteiger partial charge in [0.25, 0.3) is 0 Å². The molecule has 1 fully saturated rings. The molecule has 1 saturated heterocycles. The van der Waals surface area contributed by atoms with Crippen LogP contribution in [0.4, 0.5) is 4.79 Å². The van der Waals surface area contributed by atoms with Crippen molar-refractivity contribution in [1.29, 1.82) is 0 Å². The van der Waals surface area contributed by atoms with Crippen molar-refractivity contribution in [3.63, 3.8) is 0 Å². The Bertz CT molecular complexity index is 535. The highest BCUT2D eigenvalue weighted by molar-refractivity contribution is 5.69. The van der Waals surface area contributed by atoms with E-state index in [9.17, 15) is 9.59 Å². The molecule has 1 amide bonds. The summed E-state index contributed by atoms with van der Waals surface area (Å²) >= 11 is 0. The quantitative estimate of drug-likeness (QED) is 0.829. The van der Waals surface area contributed by atoms with Gasteiger partial charge in [-0.05, 0) is 30.9 Å². The Morgan fingerprint density at radius 1 is 1.33 bits per heavy atom. The van der Waals surface area contributed by atoms with Crippen molar-refractivity contribution in [2.45, 2.75) is 26.4 Å². The number of aliphatic carboxylic acids is 1. The lowest BCUT2D eigenvalue weighted by atomic mass is 9.97. The molecule has 1 unspecified atom stereocenters. The van der Waals surface area contributed by atoms with Crippen LogP contribution in [0.25, 0.3) is 0 Å².